The van der Waals surface area contributed by atoms with Crippen molar-refractivity contribution in [1.82, 2.24) is 30.3 Å². The molecule has 0 amide bonds. The lowest BCUT2D eigenvalue weighted by Crippen LogP contribution is -2.45. The molecule has 1 aromatic heterocycles. The number of rotatable bonds is 5. The van der Waals surface area contributed by atoms with E-state index in [1.807, 2.05) is 7.05 Å². The third-order valence-corrected chi connectivity index (χ3v) is 4.07. The average molecular weight is 421 g/mol. The van der Waals surface area contributed by atoms with E-state index in [0.29, 0.717) is 12.6 Å². The van der Waals surface area contributed by atoms with Gasteiger partial charge in [0.15, 0.2) is 5.96 Å². The highest BCUT2D eigenvalue weighted by Crippen LogP contribution is 2.15. The molecule has 2 rings (SSSR count). The molecule has 0 aliphatic carbocycles. The highest BCUT2D eigenvalue weighted by molar-refractivity contribution is 14.0. The molecular formula is C14H28IN7. The first kappa shape index (κ1) is 19.1. The summed E-state index contributed by atoms with van der Waals surface area (Å²) >= 11 is 0. The number of aliphatic imine (C=N–C) groups is 1. The van der Waals surface area contributed by atoms with Gasteiger partial charge in [0, 0.05) is 33.2 Å². The van der Waals surface area contributed by atoms with Crippen LogP contribution in [0.1, 0.15) is 32.0 Å². The summed E-state index contributed by atoms with van der Waals surface area (Å²) in [7, 11) is 3.67. The van der Waals surface area contributed by atoms with Crippen LogP contribution in [0.3, 0.4) is 0 Å². The van der Waals surface area contributed by atoms with Gasteiger partial charge < -0.3 is 10.6 Å². The van der Waals surface area contributed by atoms with Crippen LogP contribution in [0.5, 0.6) is 0 Å². The van der Waals surface area contributed by atoms with Crippen LogP contribution in [-0.2, 0) is 13.6 Å². The van der Waals surface area contributed by atoms with Crippen LogP contribution in [0, 0.1) is 0 Å². The summed E-state index contributed by atoms with van der Waals surface area (Å²) in [6.45, 7) is 6.12. The fourth-order valence-electron chi connectivity index (χ4n) is 2.67. The molecule has 8 heteroatoms. The minimum Gasteiger partial charge on any atom is -0.355 e. The maximum atomic E-state index is 4.24. The van der Waals surface area contributed by atoms with Crippen molar-refractivity contribution in [2.45, 2.75) is 38.8 Å². The van der Waals surface area contributed by atoms with E-state index in [-0.39, 0.29) is 24.0 Å². The molecule has 2 N–H and O–H groups in total. The van der Waals surface area contributed by atoms with Gasteiger partial charge in [-0.25, -0.2) is 4.98 Å². The van der Waals surface area contributed by atoms with Gasteiger partial charge in [0.25, 0.3) is 0 Å². The van der Waals surface area contributed by atoms with Gasteiger partial charge in [-0.05, 0) is 26.3 Å². The van der Waals surface area contributed by atoms with Gasteiger partial charge in [-0.1, -0.05) is 6.42 Å². The zero-order chi connectivity index (χ0) is 15.1. The molecule has 0 saturated carbocycles. The molecule has 7 nitrogen and oxygen atoms in total. The zero-order valence-electron chi connectivity index (χ0n) is 13.7. The van der Waals surface area contributed by atoms with Crippen molar-refractivity contribution >= 4 is 29.9 Å². The van der Waals surface area contributed by atoms with E-state index >= 15 is 0 Å². The summed E-state index contributed by atoms with van der Waals surface area (Å²) in [6.07, 6.45) is 5.57. The Morgan fingerprint density at radius 1 is 1.41 bits per heavy atom. The summed E-state index contributed by atoms with van der Waals surface area (Å²) in [6, 6.07) is 0.703. The Morgan fingerprint density at radius 3 is 2.86 bits per heavy atom. The number of aryl methyl sites for hydroxylation is 1. The van der Waals surface area contributed by atoms with Crippen LogP contribution < -0.4 is 10.6 Å². The molecule has 126 valence electrons. The van der Waals surface area contributed by atoms with Crippen LogP contribution in [0.15, 0.2) is 11.3 Å². The van der Waals surface area contributed by atoms with Crippen molar-refractivity contribution in [3.63, 3.8) is 0 Å². The number of halogens is 1. The van der Waals surface area contributed by atoms with E-state index in [2.05, 4.69) is 37.5 Å². The van der Waals surface area contributed by atoms with E-state index in [9.17, 15) is 0 Å². The van der Waals surface area contributed by atoms with Gasteiger partial charge in [0.1, 0.15) is 12.2 Å². The topological polar surface area (TPSA) is 70.4 Å². The predicted octanol–water partition coefficient (Wildman–Crippen LogP) is 0.972. The second-order valence-electron chi connectivity index (χ2n) is 5.53. The van der Waals surface area contributed by atoms with Crippen LogP contribution >= 0.6 is 24.0 Å². The smallest absolute Gasteiger partial charge is 0.191 e. The Hall–Kier alpha value is -0.900. The Labute approximate surface area is 150 Å². The third-order valence-electron chi connectivity index (χ3n) is 4.07. The second kappa shape index (κ2) is 9.98. The van der Waals surface area contributed by atoms with Crippen molar-refractivity contribution in [3.05, 3.63) is 12.2 Å². The van der Waals surface area contributed by atoms with Gasteiger partial charge in [-0.3, -0.25) is 14.6 Å². The van der Waals surface area contributed by atoms with Gasteiger partial charge >= 0.3 is 0 Å². The lowest BCUT2D eigenvalue weighted by atomic mass is 10.0. The number of nitrogens with zero attached hydrogens (tertiary/aromatic N) is 5. The molecule has 1 fully saturated rings. The minimum atomic E-state index is 0. The number of hydrogen-bond acceptors (Lipinski definition) is 4. The standard InChI is InChI=1S/C14H27N7.HI/c1-12-6-4-5-8-21(12)9-7-16-14(15-2)17-10-13-18-11-19-20(13)3;/h11-12H,4-10H2,1-3H3,(H2,15,16,17);1H. The lowest BCUT2D eigenvalue weighted by molar-refractivity contribution is 0.163. The zero-order valence-corrected chi connectivity index (χ0v) is 16.1. The van der Waals surface area contributed by atoms with Crippen LogP contribution in [-0.4, -0.2) is 58.3 Å². The Balaban J connectivity index is 0.00000242. The molecule has 22 heavy (non-hydrogen) atoms. The largest absolute Gasteiger partial charge is 0.355 e. The van der Waals surface area contributed by atoms with E-state index in [4.69, 9.17) is 0 Å². The molecule has 1 atom stereocenters. The molecular weight excluding hydrogens is 393 g/mol. The summed E-state index contributed by atoms with van der Waals surface area (Å²) < 4.78 is 1.76. The molecule has 1 aromatic rings. The summed E-state index contributed by atoms with van der Waals surface area (Å²) in [4.78, 5) is 11.0. The van der Waals surface area contributed by atoms with E-state index in [1.165, 1.54) is 25.8 Å². The first-order chi connectivity index (χ1) is 10.2. The first-order valence-corrected chi connectivity index (χ1v) is 7.72. The molecule has 1 unspecified atom stereocenters. The van der Waals surface area contributed by atoms with Crippen molar-refractivity contribution in [1.29, 1.82) is 0 Å². The maximum Gasteiger partial charge on any atom is 0.191 e. The Bertz CT molecular complexity index is 460. The molecule has 0 bridgehead atoms. The monoisotopic (exact) mass is 421 g/mol. The summed E-state index contributed by atoms with van der Waals surface area (Å²) in [5.74, 6) is 1.70. The highest BCUT2D eigenvalue weighted by atomic mass is 127. The van der Waals surface area contributed by atoms with Crippen molar-refractivity contribution < 1.29 is 0 Å². The van der Waals surface area contributed by atoms with Crippen molar-refractivity contribution in [3.8, 4) is 0 Å². The molecule has 0 aromatic carbocycles. The third kappa shape index (κ3) is 5.71. The van der Waals surface area contributed by atoms with Crippen LogP contribution in [0.4, 0.5) is 0 Å². The van der Waals surface area contributed by atoms with Gasteiger partial charge in [0.05, 0.1) is 6.54 Å². The molecule has 2 heterocycles. The van der Waals surface area contributed by atoms with E-state index in [1.54, 1.807) is 18.1 Å². The average Bonchev–Trinajstić information content (AvgIpc) is 2.90. The van der Waals surface area contributed by atoms with Crippen molar-refractivity contribution in [2.24, 2.45) is 12.0 Å². The molecule has 1 saturated heterocycles. The van der Waals surface area contributed by atoms with E-state index < -0.39 is 0 Å². The van der Waals surface area contributed by atoms with Crippen molar-refractivity contribution in [2.75, 3.05) is 26.7 Å². The molecule has 0 spiro atoms. The molecule has 1 aliphatic rings. The number of aromatic nitrogens is 3. The van der Waals surface area contributed by atoms with Crippen LogP contribution in [0.2, 0.25) is 0 Å². The Morgan fingerprint density at radius 2 is 2.23 bits per heavy atom. The van der Waals surface area contributed by atoms with E-state index in [0.717, 1.165) is 24.9 Å². The normalized spacial score (nSPS) is 19.6. The number of guanidine groups is 1. The quantitative estimate of drug-likeness (QED) is 0.422. The summed E-state index contributed by atoms with van der Waals surface area (Å²) in [5, 5.41) is 10.7. The second-order valence-corrected chi connectivity index (χ2v) is 5.53. The lowest BCUT2D eigenvalue weighted by Gasteiger charge is -2.33. The van der Waals surface area contributed by atoms with Crippen LogP contribution in [0.25, 0.3) is 0 Å². The SMILES string of the molecule is CN=C(NCCN1CCCCC1C)NCc1ncnn1C.I. The molecule has 0 radical (unpaired) electrons. The Kier molecular flexibility index (Phi) is 8.69. The summed E-state index contributed by atoms with van der Waals surface area (Å²) in [5.41, 5.74) is 0. The van der Waals surface area contributed by atoms with Gasteiger partial charge in [-0.15, -0.1) is 24.0 Å². The number of piperidine rings is 1. The number of likely N-dealkylation sites (tertiary alicyclic amines) is 1. The number of hydrogen-bond donors (Lipinski definition) is 2. The number of nitrogens with one attached hydrogen (secondary N) is 2. The fourth-order valence-corrected chi connectivity index (χ4v) is 2.67. The predicted molar refractivity (Wildman–Crippen MR) is 99.5 cm³/mol. The first-order valence-electron chi connectivity index (χ1n) is 7.72. The highest BCUT2D eigenvalue weighted by Gasteiger charge is 2.17. The van der Waals surface area contributed by atoms with Gasteiger partial charge in [-0.2, -0.15) is 5.10 Å². The minimum absolute atomic E-state index is 0. The maximum absolute atomic E-state index is 4.24. The fraction of sp³-hybridized carbons (Fsp3) is 0.786. The molecule has 1 aliphatic heterocycles. The van der Waals surface area contributed by atoms with Gasteiger partial charge in [0.2, 0.25) is 0 Å².